The molecule has 1 amide bonds. The molecule has 0 saturated heterocycles. The molecule has 2 aromatic heterocycles. The Morgan fingerprint density at radius 1 is 1.32 bits per heavy atom. The van der Waals surface area contributed by atoms with Crippen LogP contribution in [0.3, 0.4) is 0 Å². The van der Waals surface area contributed by atoms with Gasteiger partial charge >= 0.3 is 0 Å². The molecule has 142 valence electrons. The van der Waals surface area contributed by atoms with Gasteiger partial charge in [0, 0.05) is 17.1 Å². The maximum atomic E-state index is 12.8. The van der Waals surface area contributed by atoms with Crippen molar-refractivity contribution < 1.29 is 14.3 Å². The van der Waals surface area contributed by atoms with E-state index in [1.165, 1.54) is 0 Å². The van der Waals surface area contributed by atoms with Crippen molar-refractivity contribution in [1.29, 1.82) is 5.26 Å². The molecule has 4 rings (SSSR count). The SMILES string of the molecule is CC(C)c1c(C#N)c(N)nc2sc(C(=O)Nc3ccc4c(c3)OCO4)c(N)c12. The summed E-state index contributed by atoms with van der Waals surface area (Å²) in [5.41, 5.74) is 14.1. The van der Waals surface area contributed by atoms with Gasteiger partial charge in [0.15, 0.2) is 11.5 Å². The van der Waals surface area contributed by atoms with E-state index in [0.717, 1.165) is 11.3 Å². The number of rotatable bonds is 3. The zero-order valence-electron chi connectivity index (χ0n) is 15.2. The lowest BCUT2D eigenvalue weighted by Gasteiger charge is -2.12. The Kier molecular flexibility index (Phi) is 4.20. The van der Waals surface area contributed by atoms with Crippen molar-refractivity contribution in [3.63, 3.8) is 0 Å². The van der Waals surface area contributed by atoms with Crippen LogP contribution < -0.4 is 26.3 Å². The molecule has 28 heavy (non-hydrogen) atoms. The quantitative estimate of drug-likeness (QED) is 0.618. The number of nitrogens with two attached hydrogens (primary N) is 2. The van der Waals surface area contributed by atoms with E-state index in [1.807, 2.05) is 13.8 Å². The van der Waals surface area contributed by atoms with Crippen molar-refractivity contribution in [3.05, 3.63) is 34.2 Å². The van der Waals surface area contributed by atoms with E-state index in [4.69, 9.17) is 20.9 Å². The van der Waals surface area contributed by atoms with Crippen molar-refractivity contribution in [2.75, 3.05) is 23.6 Å². The number of anilines is 3. The Labute approximate surface area is 164 Å². The number of nitrogens with zero attached hydrogens (tertiary/aromatic N) is 2. The minimum Gasteiger partial charge on any atom is -0.454 e. The molecule has 9 heteroatoms. The van der Waals surface area contributed by atoms with Crippen molar-refractivity contribution >= 4 is 44.7 Å². The third kappa shape index (κ3) is 2.75. The van der Waals surface area contributed by atoms with Crippen LogP contribution in [-0.2, 0) is 0 Å². The second-order valence-corrected chi connectivity index (χ2v) is 7.60. The molecular formula is C19H17N5O3S. The summed E-state index contributed by atoms with van der Waals surface area (Å²) in [6, 6.07) is 7.24. The number of nitriles is 1. The first-order chi connectivity index (χ1) is 13.4. The third-order valence-electron chi connectivity index (χ3n) is 4.47. The van der Waals surface area contributed by atoms with E-state index in [1.54, 1.807) is 18.2 Å². The highest BCUT2D eigenvalue weighted by Gasteiger charge is 2.25. The van der Waals surface area contributed by atoms with Crippen LogP contribution in [0, 0.1) is 11.3 Å². The highest BCUT2D eigenvalue weighted by molar-refractivity contribution is 7.21. The number of thiophene rings is 1. The fourth-order valence-electron chi connectivity index (χ4n) is 3.22. The molecule has 0 saturated carbocycles. The number of fused-ring (bicyclic) bond motifs is 2. The topological polar surface area (TPSA) is 136 Å². The van der Waals surface area contributed by atoms with Gasteiger partial charge in [-0.05, 0) is 23.6 Å². The van der Waals surface area contributed by atoms with E-state index in [2.05, 4.69) is 16.4 Å². The Balaban J connectivity index is 1.77. The molecule has 0 bridgehead atoms. The summed E-state index contributed by atoms with van der Waals surface area (Å²) in [6.07, 6.45) is 0. The predicted molar refractivity (Wildman–Crippen MR) is 108 cm³/mol. The van der Waals surface area contributed by atoms with E-state index in [9.17, 15) is 10.1 Å². The van der Waals surface area contributed by atoms with Gasteiger partial charge in [0.2, 0.25) is 6.79 Å². The second-order valence-electron chi connectivity index (χ2n) is 6.60. The number of nitrogens with one attached hydrogen (secondary N) is 1. The lowest BCUT2D eigenvalue weighted by molar-refractivity contribution is 0.103. The smallest absolute Gasteiger partial charge is 0.267 e. The molecule has 3 aromatic rings. The molecule has 8 nitrogen and oxygen atoms in total. The molecule has 0 atom stereocenters. The lowest BCUT2D eigenvalue weighted by Crippen LogP contribution is -2.12. The van der Waals surface area contributed by atoms with Gasteiger partial charge in [-0.15, -0.1) is 11.3 Å². The molecule has 0 unspecified atom stereocenters. The number of benzene rings is 1. The van der Waals surface area contributed by atoms with Crippen LogP contribution in [0.5, 0.6) is 11.5 Å². The van der Waals surface area contributed by atoms with E-state index in [-0.39, 0.29) is 24.4 Å². The van der Waals surface area contributed by atoms with E-state index >= 15 is 0 Å². The molecule has 0 radical (unpaired) electrons. The van der Waals surface area contributed by atoms with Crippen molar-refractivity contribution in [2.24, 2.45) is 0 Å². The minimum atomic E-state index is -0.369. The average Bonchev–Trinajstić information content (AvgIpc) is 3.24. The fraction of sp³-hybridized carbons (Fsp3) is 0.211. The number of carbonyl (C=O) groups is 1. The Hall–Kier alpha value is -3.51. The summed E-state index contributed by atoms with van der Waals surface area (Å²) in [4.78, 5) is 18.0. The maximum Gasteiger partial charge on any atom is 0.267 e. The van der Waals surface area contributed by atoms with E-state index in [0.29, 0.717) is 49.1 Å². The Morgan fingerprint density at radius 3 is 2.79 bits per heavy atom. The summed E-state index contributed by atoms with van der Waals surface area (Å²) in [5.74, 6) is 0.958. The van der Waals surface area contributed by atoms with Crippen molar-refractivity contribution in [3.8, 4) is 17.6 Å². The molecule has 1 aliphatic rings. The largest absolute Gasteiger partial charge is 0.454 e. The fourth-order valence-corrected chi connectivity index (χ4v) is 4.24. The molecule has 1 aromatic carbocycles. The second kappa shape index (κ2) is 6.58. The molecule has 1 aliphatic heterocycles. The third-order valence-corrected chi connectivity index (χ3v) is 5.57. The van der Waals surface area contributed by atoms with Gasteiger partial charge in [0.25, 0.3) is 5.91 Å². The highest BCUT2D eigenvalue weighted by Crippen LogP contribution is 2.41. The summed E-state index contributed by atoms with van der Waals surface area (Å²) >= 11 is 1.15. The molecule has 0 spiro atoms. The van der Waals surface area contributed by atoms with Gasteiger partial charge in [-0.1, -0.05) is 13.8 Å². The van der Waals surface area contributed by atoms with Gasteiger partial charge in [-0.3, -0.25) is 4.79 Å². The zero-order valence-corrected chi connectivity index (χ0v) is 16.0. The summed E-state index contributed by atoms with van der Waals surface area (Å²) in [7, 11) is 0. The van der Waals surface area contributed by atoms with Gasteiger partial charge in [0.1, 0.15) is 21.6 Å². The van der Waals surface area contributed by atoms with Crippen LogP contribution in [0.4, 0.5) is 17.2 Å². The number of nitrogen functional groups attached to an aromatic ring is 2. The van der Waals surface area contributed by atoms with Crippen molar-refractivity contribution in [1.82, 2.24) is 4.98 Å². The van der Waals surface area contributed by atoms with Gasteiger partial charge in [-0.25, -0.2) is 4.98 Å². The standard InChI is InChI=1S/C19H17N5O3S/c1-8(2)13-10(6-20)17(22)24-19-14(13)15(21)16(28-19)18(25)23-9-3-4-11-12(5-9)27-7-26-11/h3-5,8H,7,21H2,1-2H3,(H2,22,24)(H,23,25). The first kappa shape index (κ1) is 17.9. The maximum absolute atomic E-state index is 12.8. The van der Waals surface area contributed by atoms with Crippen LogP contribution in [-0.4, -0.2) is 17.7 Å². The number of hydrogen-bond donors (Lipinski definition) is 3. The van der Waals surface area contributed by atoms with Crippen LogP contribution in [0.15, 0.2) is 18.2 Å². The van der Waals surface area contributed by atoms with Gasteiger partial charge < -0.3 is 26.3 Å². The van der Waals surface area contributed by atoms with Crippen molar-refractivity contribution in [2.45, 2.75) is 19.8 Å². The summed E-state index contributed by atoms with van der Waals surface area (Å²) in [6.45, 7) is 4.04. The first-order valence-electron chi connectivity index (χ1n) is 8.53. The highest BCUT2D eigenvalue weighted by atomic mass is 32.1. The number of pyridine rings is 1. The van der Waals surface area contributed by atoms with Crippen LogP contribution in [0.1, 0.15) is 40.6 Å². The van der Waals surface area contributed by atoms with Gasteiger partial charge in [0.05, 0.1) is 11.3 Å². The number of ether oxygens (including phenoxy) is 2. The summed E-state index contributed by atoms with van der Waals surface area (Å²) in [5, 5.41) is 12.9. The number of aromatic nitrogens is 1. The van der Waals surface area contributed by atoms with E-state index < -0.39 is 0 Å². The normalized spacial score (nSPS) is 12.4. The first-order valence-corrected chi connectivity index (χ1v) is 9.34. The zero-order chi connectivity index (χ0) is 20.0. The lowest BCUT2D eigenvalue weighted by atomic mass is 9.95. The molecular weight excluding hydrogens is 378 g/mol. The number of amides is 1. The minimum absolute atomic E-state index is 0.0101. The van der Waals surface area contributed by atoms with Crippen LogP contribution >= 0.6 is 11.3 Å². The predicted octanol–water partition coefficient (Wildman–Crippen LogP) is 3.44. The van der Waals surface area contributed by atoms with Gasteiger partial charge in [-0.2, -0.15) is 5.26 Å². The monoisotopic (exact) mass is 395 g/mol. The Morgan fingerprint density at radius 2 is 2.07 bits per heavy atom. The molecule has 0 fully saturated rings. The van der Waals surface area contributed by atoms with Crippen LogP contribution in [0.2, 0.25) is 0 Å². The average molecular weight is 395 g/mol. The molecule has 3 heterocycles. The molecule has 0 aliphatic carbocycles. The number of carbonyl (C=O) groups excluding carboxylic acids is 1. The summed E-state index contributed by atoms with van der Waals surface area (Å²) < 4.78 is 10.6. The molecule has 5 N–H and O–H groups in total. The van der Waals surface area contributed by atoms with Crippen LogP contribution in [0.25, 0.3) is 10.2 Å². The number of hydrogen-bond acceptors (Lipinski definition) is 8. The Bertz CT molecular complexity index is 1160.